The quantitative estimate of drug-likeness (QED) is 0.711. The zero-order valence-electron chi connectivity index (χ0n) is 14.0. The van der Waals surface area contributed by atoms with E-state index in [2.05, 4.69) is 15.0 Å². The van der Waals surface area contributed by atoms with Gasteiger partial charge in [-0.3, -0.25) is 9.59 Å². The summed E-state index contributed by atoms with van der Waals surface area (Å²) < 4.78 is 44.2. The van der Waals surface area contributed by atoms with E-state index in [1.165, 1.54) is 0 Å². The summed E-state index contributed by atoms with van der Waals surface area (Å²) in [6, 6.07) is 7.45. The topological polar surface area (TPSA) is 77.1 Å². The van der Waals surface area contributed by atoms with Crippen molar-refractivity contribution in [2.45, 2.75) is 25.6 Å². The van der Waals surface area contributed by atoms with E-state index < -0.39 is 17.7 Å². The Morgan fingerprint density at radius 2 is 2.07 bits per heavy atom. The Labute approximate surface area is 150 Å². The maximum Gasteiger partial charge on any atom is 0.436 e. The van der Waals surface area contributed by atoms with Crippen molar-refractivity contribution in [1.29, 1.82) is 0 Å². The molecule has 27 heavy (non-hydrogen) atoms. The minimum atomic E-state index is -4.62. The van der Waals surface area contributed by atoms with Crippen LogP contribution in [0.2, 0.25) is 0 Å². The fourth-order valence-electron chi connectivity index (χ4n) is 3.18. The lowest BCUT2D eigenvalue weighted by Crippen LogP contribution is -2.22. The van der Waals surface area contributed by atoms with Crippen LogP contribution in [-0.4, -0.2) is 28.0 Å². The molecule has 0 saturated heterocycles. The van der Waals surface area contributed by atoms with Crippen LogP contribution in [0.5, 0.6) is 0 Å². The van der Waals surface area contributed by atoms with Gasteiger partial charge >= 0.3 is 6.18 Å². The van der Waals surface area contributed by atoms with Gasteiger partial charge in [0.2, 0.25) is 0 Å². The molecule has 0 bridgehead atoms. The molecule has 0 radical (unpaired) electrons. The number of rotatable bonds is 3. The van der Waals surface area contributed by atoms with Gasteiger partial charge in [0.05, 0.1) is 6.42 Å². The number of benzene rings is 1. The molecule has 3 heterocycles. The molecule has 0 atom stereocenters. The molecule has 1 aliphatic heterocycles. The largest absolute Gasteiger partial charge is 0.436 e. The Hall–Kier alpha value is -3.10. The lowest BCUT2D eigenvalue weighted by molar-refractivity contribution is -0.142. The van der Waals surface area contributed by atoms with Gasteiger partial charge in [0, 0.05) is 35.6 Å². The number of nitrogens with zero attached hydrogens (tertiary/aromatic N) is 2. The van der Waals surface area contributed by atoms with Gasteiger partial charge in [-0.25, -0.2) is 0 Å². The van der Waals surface area contributed by atoms with Crippen molar-refractivity contribution in [3.63, 3.8) is 0 Å². The number of amides is 1. The van der Waals surface area contributed by atoms with Crippen molar-refractivity contribution in [1.82, 2.24) is 15.0 Å². The number of halogens is 3. The number of fused-ring (bicyclic) bond motifs is 3. The van der Waals surface area contributed by atoms with E-state index in [1.807, 2.05) is 4.57 Å². The van der Waals surface area contributed by atoms with E-state index in [-0.39, 0.29) is 18.1 Å². The lowest BCUT2D eigenvalue weighted by atomic mass is 10.1. The summed E-state index contributed by atoms with van der Waals surface area (Å²) in [7, 11) is 0. The fraction of sp³-hybridized carbons (Fsp3) is 0.278. The maximum atomic E-state index is 12.6. The van der Waals surface area contributed by atoms with E-state index in [0.717, 1.165) is 23.4 Å². The molecule has 1 aliphatic rings. The average Bonchev–Trinajstić information content (AvgIpc) is 3.18. The van der Waals surface area contributed by atoms with E-state index in [9.17, 15) is 22.8 Å². The zero-order valence-corrected chi connectivity index (χ0v) is 14.0. The van der Waals surface area contributed by atoms with E-state index in [1.54, 1.807) is 24.3 Å². The summed E-state index contributed by atoms with van der Waals surface area (Å²) in [5, 5.41) is 6.58. The summed E-state index contributed by atoms with van der Waals surface area (Å²) in [5.41, 5.74) is 0.431. The first-order valence-electron chi connectivity index (χ1n) is 8.30. The van der Waals surface area contributed by atoms with Crippen LogP contribution in [0, 0.1) is 0 Å². The molecule has 0 unspecified atom stereocenters. The number of alkyl halides is 3. The second-order valence-electron chi connectivity index (χ2n) is 6.34. The van der Waals surface area contributed by atoms with E-state index in [0.29, 0.717) is 24.3 Å². The Balaban J connectivity index is 1.63. The highest BCUT2D eigenvalue weighted by Gasteiger charge is 2.35. The normalized spacial score (nSPS) is 14.7. The Morgan fingerprint density at radius 1 is 1.26 bits per heavy atom. The molecule has 0 fully saturated rings. The van der Waals surface area contributed by atoms with Crippen molar-refractivity contribution >= 4 is 22.6 Å². The SMILES string of the molecule is O=C(Cc1cc(C(F)(F)F)no1)c1ccc2cc3n(c2c1)CCCNC3=O. The highest BCUT2D eigenvalue weighted by molar-refractivity contribution is 6.03. The first kappa shape index (κ1) is 17.3. The smallest absolute Gasteiger partial charge is 0.360 e. The Bertz CT molecular complexity index is 1050. The van der Waals surface area contributed by atoms with Crippen molar-refractivity contribution in [2.75, 3.05) is 6.54 Å². The van der Waals surface area contributed by atoms with Crippen LogP contribution < -0.4 is 5.32 Å². The number of carbonyl (C=O) groups excluding carboxylic acids is 2. The van der Waals surface area contributed by atoms with Gasteiger partial charge in [-0.1, -0.05) is 17.3 Å². The second kappa shape index (κ2) is 6.26. The molecule has 0 aliphatic carbocycles. The highest BCUT2D eigenvalue weighted by atomic mass is 19.4. The minimum Gasteiger partial charge on any atom is -0.360 e. The number of aromatic nitrogens is 2. The second-order valence-corrected chi connectivity index (χ2v) is 6.34. The Kier molecular flexibility index (Phi) is 4.01. The van der Waals surface area contributed by atoms with Crippen molar-refractivity contribution < 1.29 is 27.3 Å². The fourth-order valence-corrected chi connectivity index (χ4v) is 3.18. The van der Waals surface area contributed by atoms with E-state index >= 15 is 0 Å². The predicted molar refractivity (Wildman–Crippen MR) is 88.4 cm³/mol. The molecule has 1 N–H and O–H groups in total. The molecule has 9 heteroatoms. The minimum absolute atomic E-state index is 0.152. The number of ketones is 1. The third-order valence-corrected chi connectivity index (χ3v) is 4.49. The average molecular weight is 377 g/mol. The monoisotopic (exact) mass is 377 g/mol. The summed E-state index contributed by atoms with van der Waals surface area (Å²) in [5.74, 6) is -0.714. The van der Waals surface area contributed by atoms with Crippen molar-refractivity contribution in [3.05, 3.63) is 53.0 Å². The molecule has 4 rings (SSSR count). The highest BCUT2D eigenvalue weighted by Crippen LogP contribution is 2.29. The Morgan fingerprint density at radius 3 is 2.81 bits per heavy atom. The lowest BCUT2D eigenvalue weighted by Gasteiger charge is -2.06. The molecule has 0 saturated carbocycles. The molecule has 1 aromatic carbocycles. The van der Waals surface area contributed by atoms with Gasteiger partial charge < -0.3 is 14.4 Å². The van der Waals surface area contributed by atoms with Crippen molar-refractivity contribution in [3.8, 4) is 0 Å². The number of carbonyl (C=O) groups is 2. The van der Waals surface area contributed by atoms with Gasteiger partial charge in [-0.2, -0.15) is 13.2 Å². The van der Waals surface area contributed by atoms with Crippen LogP contribution in [0.4, 0.5) is 13.2 Å². The number of Topliss-reactive ketones (excluding diaryl/α,β-unsaturated/α-hetero) is 1. The number of nitrogens with one attached hydrogen (secondary N) is 1. The number of hydrogen-bond acceptors (Lipinski definition) is 4. The molecule has 2 aromatic heterocycles. The van der Waals surface area contributed by atoms with Gasteiger partial charge in [0.15, 0.2) is 11.5 Å². The molecule has 0 spiro atoms. The number of aryl methyl sites for hydroxylation is 1. The standard InChI is InChI=1S/C18H14F3N3O3/c19-18(20,21)16-9-12(27-23-16)8-15(25)11-3-2-10-6-14-17(26)22-4-1-5-24(14)13(10)7-11/h2-3,6-7,9H,1,4-5,8H2,(H,22,26). The molecular formula is C18H14F3N3O3. The summed E-state index contributed by atoms with van der Waals surface area (Å²) >= 11 is 0. The number of hydrogen-bond donors (Lipinski definition) is 1. The first-order chi connectivity index (χ1) is 12.8. The summed E-state index contributed by atoms with van der Waals surface area (Å²) in [6.45, 7) is 1.21. The maximum absolute atomic E-state index is 12.6. The summed E-state index contributed by atoms with van der Waals surface area (Å²) in [6.07, 6.45) is -4.19. The molecule has 1 amide bonds. The third kappa shape index (κ3) is 3.20. The van der Waals surface area contributed by atoms with Gasteiger partial charge in [-0.15, -0.1) is 0 Å². The zero-order chi connectivity index (χ0) is 19.2. The van der Waals surface area contributed by atoms with Crippen LogP contribution in [0.1, 0.15) is 38.7 Å². The van der Waals surface area contributed by atoms with Crippen LogP contribution >= 0.6 is 0 Å². The van der Waals surface area contributed by atoms with Crippen LogP contribution in [0.3, 0.4) is 0 Å². The third-order valence-electron chi connectivity index (χ3n) is 4.49. The predicted octanol–water partition coefficient (Wildman–Crippen LogP) is 3.21. The van der Waals surface area contributed by atoms with Crippen molar-refractivity contribution in [2.24, 2.45) is 0 Å². The van der Waals surface area contributed by atoms with Crippen LogP contribution in [-0.2, 0) is 19.1 Å². The summed E-state index contributed by atoms with van der Waals surface area (Å²) in [4.78, 5) is 24.6. The van der Waals surface area contributed by atoms with Gasteiger partial charge in [0.25, 0.3) is 5.91 Å². The molecule has 6 nitrogen and oxygen atoms in total. The molecule has 140 valence electrons. The molecular weight excluding hydrogens is 363 g/mol. The van der Waals surface area contributed by atoms with Crippen LogP contribution in [0.15, 0.2) is 34.9 Å². The van der Waals surface area contributed by atoms with Crippen LogP contribution in [0.25, 0.3) is 10.9 Å². The first-order valence-corrected chi connectivity index (χ1v) is 8.30. The molecule has 3 aromatic rings. The van der Waals surface area contributed by atoms with Gasteiger partial charge in [0.1, 0.15) is 11.5 Å². The van der Waals surface area contributed by atoms with E-state index in [4.69, 9.17) is 0 Å². The van der Waals surface area contributed by atoms with Gasteiger partial charge in [-0.05, 0) is 18.6 Å².